The van der Waals surface area contributed by atoms with Gasteiger partial charge in [0.1, 0.15) is 17.8 Å². The van der Waals surface area contributed by atoms with Gasteiger partial charge >= 0.3 is 0 Å². The Morgan fingerprint density at radius 1 is 0.692 bits per heavy atom. The van der Waals surface area contributed by atoms with Crippen LogP contribution in [0.4, 0.5) is 0 Å². The van der Waals surface area contributed by atoms with E-state index in [1.165, 1.54) is 6.92 Å². The van der Waals surface area contributed by atoms with Gasteiger partial charge in [-0.25, -0.2) is 0 Å². The molecular formula is C42H53IN2O7. The summed E-state index contributed by atoms with van der Waals surface area (Å²) in [5, 5.41) is 24.0. The molecule has 0 bridgehead atoms. The van der Waals surface area contributed by atoms with E-state index in [4.69, 9.17) is 18.9 Å². The molecule has 52 heavy (non-hydrogen) atoms. The van der Waals surface area contributed by atoms with Crippen molar-refractivity contribution in [3.8, 4) is 0 Å². The van der Waals surface area contributed by atoms with Crippen LogP contribution in [0.25, 0.3) is 0 Å². The van der Waals surface area contributed by atoms with Crippen LogP contribution in [-0.2, 0) is 50.2 Å². The topological polar surface area (TPSA) is 97.7 Å². The van der Waals surface area contributed by atoms with Crippen LogP contribution in [0, 0.1) is 0 Å². The molecule has 5 atom stereocenters. The number of aliphatic hydroxyl groups excluding tert-OH is 1. The Bertz CT molecular complexity index is 1590. The molecule has 2 N–H and O–H groups in total. The van der Waals surface area contributed by atoms with E-state index in [1.807, 2.05) is 126 Å². The van der Waals surface area contributed by atoms with Gasteiger partial charge in [0.2, 0.25) is 0 Å². The number of halogens is 1. The molecule has 0 aromatic heterocycles. The molecule has 1 amide bonds. The Morgan fingerprint density at radius 2 is 1.10 bits per heavy atom. The monoisotopic (exact) mass is 824 g/mol. The lowest BCUT2D eigenvalue weighted by Gasteiger charge is -2.45. The first-order valence-electron chi connectivity index (χ1n) is 17.7. The zero-order chi connectivity index (χ0) is 36.1. The maximum absolute atomic E-state index is 14.7. The van der Waals surface area contributed by atoms with Crippen LogP contribution in [0.2, 0.25) is 0 Å². The van der Waals surface area contributed by atoms with Crippen molar-refractivity contribution in [2.24, 2.45) is 0 Å². The molecular weight excluding hydrogens is 771 g/mol. The second-order valence-corrected chi connectivity index (χ2v) is 14.0. The third-order valence-corrected chi connectivity index (χ3v) is 9.59. The van der Waals surface area contributed by atoms with Crippen molar-refractivity contribution in [3.63, 3.8) is 0 Å². The molecule has 4 aromatic carbocycles. The number of ether oxygens (including phenoxy) is 4. The lowest BCUT2D eigenvalue weighted by molar-refractivity contribution is -0.894. The van der Waals surface area contributed by atoms with Crippen LogP contribution >= 0.6 is 0 Å². The van der Waals surface area contributed by atoms with Crippen LogP contribution in [0.1, 0.15) is 29.2 Å². The van der Waals surface area contributed by atoms with Crippen molar-refractivity contribution < 1.29 is 62.4 Å². The van der Waals surface area contributed by atoms with Gasteiger partial charge in [-0.05, 0) is 29.2 Å². The van der Waals surface area contributed by atoms with Gasteiger partial charge in [0, 0.05) is 0 Å². The highest BCUT2D eigenvalue weighted by molar-refractivity contribution is 5.82. The summed E-state index contributed by atoms with van der Waals surface area (Å²) in [5.41, 5.74) is 1.51. The summed E-state index contributed by atoms with van der Waals surface area (Å²) in [6.45, 7) is 4.38. The molecule has 1 aliphatic heterocycles. The standard InChI is InChI=1S/C42H53N2O7.HI/c1-33(45)42(47,32-48-28-34-16-8-4-9-17-34)40(51-31-37-22-14-7-15-23-37)38(49-29-35-18-10-5-11-19-35)39(50-30-36-20-12-6-13-21-36)41(46)43-24-26-44(2,3)27-25-43;/h4-23,33,38-40,45,47H,24-32H2,1-3H3;1H/q+1;/p-1/t33-,38-,39-,40+,42-;/m1./s1. The SMILES string of the molecule is C[C@@H](O)[C@](O)(COCc1ccccc1)[C@@H](OCc1ccccc1)[C@H](OCc1ccccc1)[C@@H](OCc1ccccc1)C(=O)N1CC[N+](C)(C)CC1.[I-]. The number of amides is 1. The molecule has 280 valence electrons. The highest BCUT2D eigenvalue weighted by Gasteiger charge is 2.52. The van der Waals surface area contributed by atoms with Gasteiger partial charge < -0.3 is 62.5 Å². The molecule has 0 aliphatic carbocycles. The first-order valence-corrected chi connectivity index (χ1v) is 17.7. The molecule has 0 saturated carbocycles. The second kappa shape index (κ2) is 20.3. The number of piperazine rings is 1. The molecule has 10 heteroatoms. The summed E-state index contributed by atoms with van der Waals surface area (Å²) in [5.74, 6) is -0.254. The average Bonchev–Trinajstić information content (AvgIpc) is 3.15. The maximum atomic E-state index is 14.7. The number of hydrogen-bond acceptors (Lipinski definition) is 7. The zero-order valence-electron chi connectivity index (χ0n) is 30.4. The fraction of sp³-hybridized carbons (Fsp3) is 0.405. The molecule has 0 unspecified atom stereocenters. The Balaban J connectivity index is 0.00000605. The van der Waals surface area contributed by atoms with Crippen LogP contribution in [0.3, 0.4) is 0 Å². The van der Waals surface area contributed by atoms with E-state index in [2.05, 4.69) is 14.1 Å². The van der Waals surface area contributed by atoms with E-state index >= 15 is 0 Å². The van der Waals surface area contributed by atoms with Crippen molar-refractivity contribution in [1.29, 1.82) is 0 Å². The molecule has 9 nitrogen and oxygen atoms in total. The van der Waals surface area contributed by atoms with Gasteiger partial charge in [0.15, 0.2) is 6.10 Å². The molecule has 5 rings (SSSR count). The second-order valence-electron chi connectivity index (χ2n) is 14.0. The fourth-order valence-corrected chi connectivity index (χ4v) is 6.20. The van der Waals surface area contributed by atoms with Crippen molar-refractivity contribution in [3.05, 3.63) is 144 Å². The van der Waals surface area contributed by atoms with Gasteiger partial charge in [0.05, 0.1) is 79.4 Å². The minimum atomic E-state index is -2.01. The third kappa shape index (κ3) is 11.9. The molecule has 4 aromatic rings. The van der Waals surface area contributed by atoms with E-state index in [1.54, 1.807) is 0 Å². The Labute approximate surface area is 325 Å². The number of nitrogens with zero attached hydrogens (tertiary/aromatic N) is 2. The number of quaternary nitrogens is 1. The van der Waals surface area contributed by atoms with Crippen LogP contribution in [0.5, 0.6) is 0 Å². The largest absolute Gasteiger partial charge is 1.00 e. The van der Waals surface area contributed by atoms with Gasteiger partial charge in [-0.2, -0.15) is 0 Å². The van der Waals surface area contributed by atoms with Crippen LogP contribution in [0.15, 0.2) is 121 Å². The Kier molecular flexibility index (Phi) is 16.2. The number of carbonyl (C=O) groups excluding carboxylic acids is 1. The average molecular weight is 825 g/mol. The quantitative estimate of drug-likeness (QED) is 0.117. The molecule has 1 heterocycles. The van der Waals surface area contributed by atoms with Crippen LogP contribution in [-0.4, -0.2) is 102 Å². The number of rotatable bonds is 18. The van der Waals surface area contributed by atoms with Gasteiger partial charge in [-0.1, -0.05) is 121 Å². The summed E-state index contributed by atoms with van der Waals surface area (Å²) in [7, 11) is 4.31. The lowest BCUT2D eigenvalue weighted by atomic mass is 9.85. The zero-order valence-corrected chi connectivity index (χ0v) is 32.6. The van der Waals surface area contributed by atoms with E-state index in [9.17, 15) is 15.0 Å². The van der Waals surface area contributed by atoms with Gasteiger partial charge in [0.25, 0.3) is 5.91 Å². The van der Waals surface area contributed by atoms with Crippen molar-refractivity contribution in [2.75, 3.05) is 46.9 Å². The fourth-order valence-electron chi connectivity index (χ4n) is 6.20. The number of benzene rings is 4. The molecule has 1 aliphatic rings. The minimum Gasteiger partial charge on any atom is -1.00 e. The van der Waals surface area contributed by atoms with Gasteiger partial charge in [-0.3, -0.25) is 4.79 Å². The lowest BCUT2D eigenvalue weighted by Crippen LogP contribution is -3.00. The smallest absolute Gasteiger partial charge is 0.254 e. The number of hydrogen-bond donors (Lipinski definition) is 2. The van der Waals surface area contributed by atoms with E-state index in [0.29, 0.717) is 13.1 Å². The normalized spacial score (nSPS) is 17.6. The van der Waals surface area contributed by atoms with E-state index < -0.39 is 30.0 Å². The summed E-state index contributed by atoms with van der Waals surface area (Å²) in [6.07, 6.45) is -4.95. The molecule has 1 fully saturated rings. The summed E-state index contributed by atoms with van der Waals surface area (Å²) in [6, 6.07) is 38.5. The minimum absolute atomic E-state index is 0. The summed E-state index contributed by atoms with van der Waals surface area (Å²) in [4.78, 5) is 16.6. The van der Waals surface area contributed by atoms with E-state index in [0.717, 1.165) is 39.8 Å². The van der Waals surface area contributed by atoms with E-state index in [-0.39, 0.29) is 62.9 Å². The van der Waals surface area contributed by atoms with Gasteiger partial charge in [-0.15, -0.1) is 0 Å². The highest BCUT2D eigenvalue weighted by Crippen LogP contribution is 2.31. The third-order valence-electron chi connectivity index (χ3n) is 9.59. The number of likely N-dealkylation sites (N-methyl/N-ethyl adjacent to an activating group) is 1. The molecule has 0 radical (unpaired) electrons. The predicted molar refractivity (Wildman–Crippen MR) is 196 cm³/mol. The highest BCUT2D eigenvalue weighted by atomic mass is 127. The van der Waals surface area contributed by atoms with Crippen LogP contribution < -0.4 is 24.0 Å². The number of aliphatic hydroxyl groups is 2. The molecule has 1 saturated heterocycles. The maximum Gasteiger partial charge on any atom is 0.254 e. The first-order chi connectivity index (χ1) is 24.6. The molecule has 0 spiro atoms. The van der Waals surface area contributed by atoms with Crippen molar-refractivity contribution >= 4 is 5.91 Å². The Hall–Kier alpha value is -3.20. The first kappa shape index (κ1) is 41.6. The predicted octanol–water partition coefficient (Wildman–Crippen LogP) is 1.99. The number of carbonyl (C=O) groups is 1. The van der Waals surface area contributed by atoms with Crippen molar-refractivity contribution in [1.82, 2.24) is 4.90 Å². The summed E-state index contributed by atoms with van der Waals surface area (Å²) < 4.78 is 26.9. The van der Waals surface area contributed by atoms with Crippen molar-refractivity contribution in [2.45, 2.75) is 63.4 Å². The summed E-state index contributed by atoms with van der Waals surface area (Å²) >= 11 is 0. The Morgan fingerprint density at radius 3 is 1.54 bits per heavy atom.